The van der Waals surface area contributed by atoms with Crippen LogP contribution in [0.4, 0.5) is 5.82 Å². The Morgan fingerprint density at radius 1 is 1.11 bits per heavy atom. The molecule has 0 unspecified atom stereocenters. The molecule has 0 aliphatic heterocycles. The van der Waals surface area contributed by atoms with Crippen molar-refractivity contribution in [2.45, 2.75) is 95.9 Å². The van der Waals surface area contributed by atoms with Gasteiger partial charge in [0, 0.05) is 26.0 Å². The summed E-state index contributed by atoms with van der Waals surface area (Å²) < 4.78 is 11.5. The van der Waals surface area contributed by atoms with Crippen LogP contribution in [0.25, 0.3) is 0 Å². The van der Waals surface area contributed by atoms with Crippen LogP contribution in [-0.4, -0.2) is 33.5 Å². The number of ether oxygens (including phenoxy) is 1. The van der Waals surface area contributed by atoms with Crippen LogP contribution in [0.2, 0.25) is 0 Å². The highest BCUT2D eigenvalue weighted by Crippen LogP contribution is 2.34. The van der Waals surface area contributed by atoms with E-state index >= 15 is 0 Å². The fourth-order valence-corrected chi connectivity index (χ4v) is 5.20. The van der Waals surface area contributed by atoms with Crippen LogP contribution < -0.4 is 15.4 Å². The summed E-state index contributed by atoms with van der Waals surface area (Å²) in [6.07, 6.45) is 14.2. The molecule has 9 nitrogen and oxygen atoms in total. The van der Waals surface area contributed by atoms with Crippen LogP contribution >= 0.6 is 0 Å². The zero-order valence-electron chi connectivity index (χ0n) is 20.7. The van der Waals surface area contributed by atoms with Gasteiger partial charge < -0.3 is 19.9 Å². The Hall–Kier alpha value is -2.97. The number of aromatic nitrogens is 3. The van der Waals surface area contributed by atoms with E-state index in [-0.39, 0.29) is 18.2 Å². The minimum Gasteiger partial charge on any atom is -0.489 e. The number of pyridine rings is 1. The summed E-state index contributed by atoms with van der Waals surface area (Å²) in [5.74, 6) is 2.19. The molecular formula is C26H37N5O4. The molecule has 0 radical (unpaired) electrons. The third kappa shape index (κ3) is 7.02. The van der Waals surface area contributed by atoms with Crippen molar-refractivity contribution < 1.29 is 18.8 Å². The fourth-order valence-electron chi connectivity index (χ4n) is 5.20. The lowest BCUT2D eigenvalue weighted by atomic mass is 9.89. The summed E-state index contributed by atoms with van der Waals surface area (Å²) in [5.41, 5.74) is -0.592. The summed E-state index contributed by atoms with van der Waals surface area (Å²) in [6.45, 7) is 2.16. The Morgan fingerprint density at radius 2 is 1.86 bits per heavy atom. The maximum absolute atomic E-state index is 12.7. The molecule has 2 N–H and O–H groups in total. The minimum absolute atomic E-state index is 0.102. The van der Waals surface area contributed by atoms with Gasteiger partial charge in [0.05, 0.1) is 6.61 Å². The predicted octanol–water partition coefficient (Wildman–Crippen LogP) is 4.68. The molecule has 2 aromatic rings. The minimum atomic E-state index is -0.592. The molecule has 2 fully saturated rings. The average molecular weight is 484 g/mol. The second kappa shape index (κ2) is 12.1. The standard InChI is InChI=1S/C26H37N5O4/c1-19(32)30-26(15-7-2-3-8-16-26)25-29-23(35-31-25)14-13-22(33)28-24-21(12-9-17-27-24)34-18-20-10-5-4-6-11-20/h9,12,17,20H,2-8,10-11,13-16,18H2,1H3,(H,30,32)(H,27,28,33). The van der Waals surface area contributed by atoms with Gasteiger partial charge in [0.25, 0.3) is 0 Å². The number of aryl methyl sites for hydroxylation is 1. The van der Waals surface area contributed by atoms with Crippen molar-refractivity contribution in [2.75, 3.05) is 11.9 Å². The lowest BCUT2D eigenvalue weighted by Gasteiger charge is -2.30. The molecule has 2 saturated carbocycles. The molecule has 35 heavy (non-hydrogen) atoms. The molecule has 0 saturated heterocycles. The Kier molecular flexibility index (Phi) is 8.71. The molecule has 0 atom stereocenters. The second-order valence-electron chi connectivity index (χ2n) is 9.90. The highest BCUT2D eigenvalue weighted by molar-refractivity contribution is 5.91. The maximum Gasteiger partial charge on any atom is 0.227 e. The zero-order valence-corrected chi connectivity index (χ0v) is 20.7. The zero-order chi connectivity index (χ0) is 24.5. The van der Waals surface area contributed by atoms with E-state index in [1.165, 1.54) is 39.0 Å². The highest BCUT2D eigenvalue weighted by Gasteiger charge is 2.38. The largest absolute Gasteiger partial charge is 0.489 e. The monoisotopic (exact) mass is 483 g/mol. The molecule has 9 heteroatoms. The summed E-state index contributed by atoms with van der Waals surface area (Å²) in [5, 5.41) is 10.1. The Labute approximate surface area is 206 Å². The normalized spacial score (nSPS) is 18.4. The SMILES string of the molecule is CC(=O)NC1(c2noc(CCC(=O)Nc3ncccc3OCC3CCCCC3)n2)CCCCCC1. The van der Waals surface area contributed by atoms with E-state index in [4.69, 9.17) is 9.26 Å². The van der Waals surface area contributed by atoms with Crippen LogP contribution in [0.3, 0.4) is 0 Å². The number of rotatable bonds is 9. The Bertz CT molecular complexity index is 978. The first kappa shape index (κ1) is 25.1. The topological polar surface area (TPSA) is 119 Å². The molecule has 2 aliphatic carbocycles. The maximum atomic E-state index is 12.7. The van der Waals surface area contributed by atoms with Gasteiger partial charge in [-0.15, -0.1) is 0 Å². The lowest BCUT2D eigenvalue weighted by molar-refractivity contribution is -0.121. The molecule has 190 valence electrons. The van der Waals surface area contributed by atoms with Crippen molar-refractivity contribution in [3.05, 3.63) is 30.0 Å². The number of hydrogen-bond acceptors (Lipinski definition) is 7. The third-order valence-corrected chi connectivity index (χ3v) is 7.06. The van der Waals surface area contributed by atoms with Crippen LogP contribution in [0.15, 0.2) is 22.9 Å². The molecule has 0 bridgehead atoms. The van der Waals surface area contributed by atoms with E-state index in [1.54, 1.807) is 6.20 Å². The smallest absolute Gasteiger partial charge is 0.227 e. The molecule has 2 aromatic heterocycles. The molecular weight excluding hydrogens is 446 g/mol. The quantitative estimate of drug-likeness (QED) is 0.497. The average Bonchev–Trinajstić information content (AvgIpc) is 3.22. The van der Waals surface area contributed by atoms with E-state index in [0.29, 0.717) is 42.2 Å². The molecule has 0 aromatic carbocycles. The summed E-state index contributed by atoms with van der Waals surface area (Å²) in [6, 6.07) is 3.65. The second-order valence-corrected chi connectivity index (χ2v) is 9.90. The number of anilines is 1. The molecule has 4 rings (SSSR count). The number of nitrogens with one attached hydrogen (secondary N) is 2. The number of carbonyl (C=O) groups is 2. The van der Waals surface area contributed by atoms with Gasteiger partial charge in [-0.2, -0.15) is 4.98 Å². The fraction of sp³-hybridized carbons (Fsp3) is 0.654. The van der Waals surface area contributed by atoms with Crippen molar-refractivity contribution in [2.24, 2.45) is 5.92 Å². The van der Waals surface area contributed by atoms with Gasteiger partial charge in [0.15, 0.2) is 17.4 Å². The van der Waals surface area contributed by atoms with E-state index in [0.717, 1.165) is 38.5 Å². The van der Waals surface area contributed by atoms with Crippen molar-refractivity contribution in [3.8, 4) is 5.75 Å². The van der Waals surface area contributed by atoms with Crippen LogP contribution in [0.5, 0.6) is 5.75 Å². The van der Waals surface area contributed by atoms with Gasteiger partial charge in [-0.05, 0) is 43.7 Å². The van der Waals surface area contributed by atoms with Gasteiger partial charge in [-0.3, -0.25) is 9.59 Å². The van der Waals surface area contributed by atoms with E-state index < -0.39 is 5.54 Å². The van der Waals surface area contributed by atoms with Crippen LogP contribution in [0, 0.1) is 5.92 Å². The Morgan fingerprint density at radius 3 is 2.60 bits per heavy atom. The van der Waals surface area contributed by atoms with Crippen molar-refractivity contribution in [3.63, 3.8) is 0 Å². The first-order valence-corrected chi connectivity index (χ1v) is 13.0. The number of carbonyl (C=O) groups excluding carboxylic acids is 2. The highest BCUT2D eigenvalue weighted by atomic mass is 16.5. The van der Waals surface area contributed by atoms with Crippen molar-refractivity contribution >= 4 is 17.6 Å². The van der Waals surface area contributed by atoms with Gasteiger partial charge in [-0.1, -0.05) is 50.1 Å². The van der Waals surface area contributed by atoms with Crippen LogP contribution in [0.1, 0.15) is 95.7 Å². The van der Waals surface area contributed by atoms with Crippen LogP contribution in [-0.2, 0) is 21.5 Å². The van der Waals surface area contributed by atoms with Gasteiger partial charge in [0.2, 0.25) is 17.7 Å². The van der Waals surface area contributed by atoms with E-state index in [1.807, 2.05) is 12.1 Å². The molecule has 0 spiro atoms. The first-order valence-electron chi connectivity index (χ1n) is 13.0. The van der Waals surface area contributed by atoms with Gasteiger partial charge in [0.1, 0.15) is 5.54 Å². The lowest BCUT2D eigenvalue weighted by Crippen LogP contribution is -2.45. The number of amides is 2. The van der Waals surface area contributed by atoms with E-state index in [2.05, 4.69) is 25.8 Å². The summed E-state index contributed by atoms with van der Waals surface area (Å²) >= 11 is 0. The molecule has 2 heterocycles. The van der Waals surface area contributed by atoms with Gasteiger partial charge >= 0.3 is 0 Å². The predicted molar refractivity (Wildman–Crippen MR) is 131 cm³/mol. The number of nitrogens with zero attached hydrogens (tertiary/aromatic N) is 3. The Balaban J connectivity index is 1.33. The van der Waals surface area contributed by atoms with Crippen molar-refractivity contribution in [1.29, 1.82) is 0 Å². The third-order valence-electron chi connectivity index (χ3n) is 7.06. The van der Waals surface area contributed by atoms with Crippen molar-refractivity contribution in [1.82, 2.24) is 20.4 Å². The number of hydrogen-bond donors (Lipinski definition) is 2. The first-order chi connectivity index (χ1) is 17.0. The molecule has 2 amide bonds. The molecule has 2 aliphatic rings. The summed E-state index contributed by atoms with van der Waals surface area (Å²) in [4.78, 5) is 33.4. The summed E-state index contributed by atoms with van der Waals surface area (Å²) in [7, 11) is 0. The van der Waals surface area contributed by atoms with Gasteiger partial charge in [-0.25, -0.2) is 4.98 Å². The van der Waals surface area contributed by atoms with E-state index in [9.17, 15) is 9.59 Å².